The van der Waals surface area contributed by atoms with Crippen molar-refractivity contribution in [2.24, 2.45) is 0 Å². The van der Waals surface area contributed by atoms with E-state index in [1.807, 2.05) is 6.07 Å². The van der Waals surface area contributed by atoms with Gasteiger partial charge in [-0.15, -0.1) is 0 Å². The van der Waals surface area contributed by atoms with E-state index in [0.29, 0.717) is 5.56 Å². The number of ether oxygens (including phenoxy) is 1. The zero-order valence-electron chi connectivity index (χ0n) is 9.10. The van der Waals surface area contributed by atoms with Crippen LogP contribution in [0, 0.1) is 6.10 Å². The molecule has 5 heteroatoms. The number of rotatable bonds is 2. The van der Waals surface area contributed by atoms with Gasteiger partial charge in [0.2, 0.25) is 0 Å². The highest BCUT2D eigenvalue weighted by Crippen LogP contribution is 2.31. The molecule has 0 spiro atoms. The van der Waals surface area contributed by atoms with Crippen molar-refractivity contribution < 1.29 is 25.2 Å². The van der Waals surface area contributed by atoms with E-state index in [4.69, 9.17) is 9.84 Å². The molecule has 0 unspecified atom stereocenters. The van der Waals surface area contributed by atoms with Gasteiger partial charge in [-0.25, -0.2) is 0 Å². The Balaban J connectivity index is 2.23. The summed E-state index contributed by atoms with van der Waals surface area (Å²) in [4.78, 5) is 0. The summed E-state index contributed by atoms with van der Waals surface area (Å²) < 4.78 is 5.32. The summed E-state index contributed by atoms with van der Waals surface area (Å²) in [6.45, 7) is -0.429. The Labute approximate surface area is 98.9 Å². The maximum atomic E-state index is 9.82. The minimum atomic E-state index is -1.36. The number of benzene rings is 1. The van der Waals surface area contributed by atoms with Gasteiger partial charge in [-0.3, -0.25) is 0 Å². The molecule has 1 fully saturated rings. The summed E-state index contributed by atoms with van der Waals surface area (Å²) in [5, 5.41) is 38.1. The standard InChI is InChI=1S/C12H15O5/c13-6-8-9(14)10(15)11(16)12(17-8)7-4-2-1-3-5-7/h1-5,8-11,13-16H,6H2/t8-,9+,10+,11-/m1/s1. The van der Waals surface area contributed by atoms with Gasteiger partial charge in [0.25, 0.3) is 0 Å². The summed E-state index contributed by atoms with van der Waals surface area (Å²) in [6.07, 6.45) is -4.72. The highest BCUT2D eigenvalue weighted by Gasteiger charge is 2.44. The van der Waals surface area contributed by atoms with E-state index in [2.05, 4.69) is 0 Å². The number of aliphatic hydroxyl groups excluding tert-OH is 4. The van der Waals surface area contributed by atoms with E-state index in [1.165, 1.54) is 0 Å². The largest absolute Gasteiger partial charge is 0.394 e. The molecular weight excluding hydrogens is 224 g/mol. The van der Waals surface area contributed by atoms with Gasteiger partial charge in [-0.2, -0.15) is 0 Å². The van der Waals surface area contributed by atoms with Crippen LogP contribution in [-0.4, -0.2) is 51.4 Å². The van der Waals surface area contributed by atoms with Crippen molar-refractivity contribution in [3.8, 4) is 0 Å². The van der Waals surface area contributed by atoms with Crippen LogP contribution in [0.15, 0.2) is 30.3 Å². The molecule has 1 aliphatic rings. The SMILES string of the molecule is OC[C@H]1O[C](c2ccccc2)[C@H](O)[C@@H](O)[C@H]1O. The Morgan fingerprint density at radius 3 is 2.24 bits per heavy atom. The zero-order valence-corrected chi connectivity index (χ0v) is 9.10. The second-order valence-corrected chi connectivity index (χ2v) is 4.00. The third-order valence-corrected chi connectivity index (χ3v) is 2.84. The quantitative estimate of drug-likeness (QED) is 0.534. The molecule has 1 aliphatic heterocycles. The minimum Gasteiger partial charge on any atom is -0.394 e. The third kappa shape index (κ3) is 2.34. The topological polar surface area (TPSA) is 90.2 Å². The summed E-state index contributed by atoms with van der Waals surface area (Å²) in [5.74, 6) is 0. The van der Waals surface area contributed by atoms with Crippen molar-refractivity contribution in [1.82, 2.24) is 0 Å². The Hall–Kier alpha value is -0.980. The summed E-state index contributed by atoms with van der Waals surface area (Å²) >= 11 is 0. The molecule has 0 aromatic heterocycles. The van der Waals surface area contributed by atoms with Crippen LogP contribution in [0.1, 0.15) is 5.56 Å². The molecule has 0 amide bonds. The Bertz CT molecular complexity index is 353. The van der Waals surface area contributed by atoms with E-state index in [-0.39, 0.29) is 6.10 Å². The molecule has 1 aromatic carbocycles. The number of hydrogen-bond donors (Lipinski definition) is 4. The van der Waals surface area contributed by atoms with Gasteiger partial charge < -0.3 is 25.2 Å². The lowest BCUT2D eigenvalue weighted by molar-refractivity contribution is -0.184. The molecule has 5 nitrogen and oxygen atoms in total. The van der Waals surface area contributed by atoms with E-state index in [0.717, 1.165) is 0 Å². The Morgan fingerprint density at radius 2 is 1.65 bits per heavy atom. The lowest BCUT2D eigenvalue weighted by atomic mass is 9.91. The van der Waals surface area contributed by atoms with Crippen molar-refractivity contribution in [2.45, 2.75) is 24.4 Å². The van der Waals surface area contributed by atoms with Crippen LogP contribution in [0.3, 0.4) is 0 Å². The molecule has 0 bridgehead atoms. The first kappa shape index (κ1) is 12.5. The molecule has 0 saturated carbocycles. The van der Waals surface area contributed by atoms with Crippen molar-refractivity contribution in [1.29, 1.82) is 0 Å². The lowest BCUT2D eigenvalue weighted by Gasteiger charge is -2.39. The number of aliphatic hydroxyl groups is 4. The molecule has 2 rings (SSSR count). The molecule has 4 N–H and O–H groups in total. The predicted molar refractivity (Wildman–Crippen MR) is 58.8 cm³/mol. The highest BCUT2D eigenvalue weighted by molar-refractivity contribution is 5.31. The summed E-state index contributed by atoms with van der Waals surface area (Å²) in [7, 11) is 0. The fourth-order valence-electron chi connectivity index (χ4n) is 1.85. The average Bonchev–Trinajstić information content (AvgIpc) is 2.37. The van der Waals surface area contributed by atoms with Crippen molar-refractivity contribution >= 4 is 0 Å². The maximum Gasteiger partial charge on any atom is 0.158 e. The fraction of sp³-hybridized carbons (Fsp3) is 0.417. The van der Waals surface area contributed by atoms with Crippen LogP contribution < -0.4 is 0 Å². The minimum absolute atomic E-state index is 0.169. The monoisotopic (exact) mass is 239 g/mol. The second kappa shape index (κ2) is 5.12. The second-order valence-electron chi connectivity index (χ2n) is 4.00. The van der Waals surface area contributed by atoms with Crippen LogP contribution in [0.2, 0.25) is 0 Å². The van der Waals surface area contributed by atoms with E-state index in [9.17, 15) is 15.3 Å². The molecule has 93 valence electrons. The van der Waals surface area contributed by atoms with Crippen LogP contribution in [-0.2, 0) is 4.74 Å². The molecule has 1 aromatic rings. The van der Waals surface area contributed by atoms with Crippen LogP contribution >= 0.6 is 0 Å². The Kier molecular flexibility index (Phi) is 3.76. The van der Waals surface area contributed by atoms with Crippen LogP contribution in [0.4, 0.5) is 0 Å². The molecule has 1 heterocycles. The normalized spacial score (nSPS) is 34.8. The lowest BCUT2D eigenvalue weighted by Crippen LogP contribution is -2.55. The summed E-state index contributed by atoms with van der Waals surface area (Å²) in [5.41, 5.74) is 0.615. The number of hydrogen-bond acceptors (Lipinski definition) is 5. The van der Waals surface area contributed by atoms with Gasteiger partial charge in [0.15, 0.2) is 6.10 Å². The molecule has 1 saturated heterocycles. The average molecular weight is 239 g/mol. The van der Waals surface area contributed by atoms with E-state index >= 15 is 0 Å². The summed E-state index contributed by atoms with van der Waals surface area (Å²) in [6, 6.07) is 8.79. The molecule has 4 atom stereocenters. The highest BCUT2D eigenvalue weighted by atomic mass is 16.5. The first-order valence-electron chi connectivity index (χ1n) is 5.39. The molecule has 0 aliphatic carbocycles. The van der Waals surface area contributed by atoms with Crippen LogP contribution in [0.25, 0.3) is 0 Å². The van der Waals surface area contributed by atoms with Gasteiger partial charge in [0, 0.05) is 0 Å². The first-order valence-corrected chi connectivity index (χ1v) is 5.39. The third-order valence-electron chi connectivity index (χ3n) is 2.84. The predicted octanol–water partition coefficient (Wildman–Crippen LogP) is -0.960. The smallest absolute Gasteiger partial charge is 0.158 e. The van der Waals surface area contributed by atoms with Gasteiger partial charge in [0.1, 0.15) is 24.4 Å². The Morgan fingerprint density at radius 1 is 1.00 bits per heavy atom. The molecule has 17 heavy (non-hydrogen) atoms. The van der Waals surface area contributed by atoms with Crippen molar-refractivity contribution in [3.05, 3.63) is 42.0 Å². The zero-order chi connectivity index (χ0) is 12.4. The van der Waals surface area contributed by atoms with Gasteiger partial charge >= 0.3 is 0 Å². The van der Waals surface area contributed by atoms with Gasteiger partial charge in [-0.1, -0.05) is 30.3 Å². The van der Waals surface area contributed by atoms with E-state index in [1.54, 1.807) is 24.3 Å². The fourth-order valence-corrected chi connectivity index (χ4v) is 1.85. The maximum absolute atomic E-state index is 9.82. The van der Waals surface area contributed by atoms with Crippen molar-refractivity contribution in [3.63, 3.8) is 0 Å². The molecular formula is C12H15O5. The van der Waals surface area contributed by atoms with Crippen LogP contribution in [0.5, 0.6) is 0 Å². The first-order chi connectivity index (χ1) is 8.15. The van der Waals surface area contributed by atoms with Gasteiger partial charge in [-0.05, 0) is 5.56 Å². The van der Waals surface area contributed by atoms with Gasteiger partial charge in [0.05, 0.1) is 6.61 Å². The van der Waals surface area contributed by atoms with Crippen molar-refractivity contribution in [2.75, 3.05) is 6.61 Å². The molecule has 1 radical (unpaired) electrons. The van der Waals surface area contributed by atoms with E-state index < -0.39 is 31.0 Å².